The number of aliphatic hydroxyl groups excluding tert-OH is 1. The molecule has 0 aromatic heterocycles. The lowest BCUT2D eigenvalue weighted by Crippen LogP contribution is -2.49. The molecule has 3 aromatic carbocycles. The molecular weight excluding hydrogens is 1110 g/mol. The van der Waals surface area contributed by atoms with Gasteiger partial charge in [-0.05, 0) is 73.1 Å². The molecular formula is C59H90N14O13. The number of hydrogen-bond acceptors (Lipinski definition) is 17. The van der Waals surface area contributed by atoms with Crippen LogP contribution in [0.15, 0.2) is 83.9 Å². The van der Waals surface area contributed by atoms with Gasteiger partial charge in [-0.1, -0.05) is 67.9 Å². The van der Waals surface area contributed by atoms with Crippen molar-refractivity contribution >= 4 is 65.4 Å². The average molecular weight is 1200 g/mol. The number of carbonyl (C=O) groups is 9. The number of aromatic hydroxyl groups is 1. The predicted molar refractivity (Wildman–Crippen MR) is 325 cm³/mol. The number of aldehydes is 1. The van der Waals surface area contributed by atoms with E-state index in [9.17, 15) is 58.5 Å². The predicted octanol–water partition coefficient (Wildman–Crippen LogP) is 0.0386. The number of phenols is 1. The van der Waals surface area contributed by atoms with Crippen LogP contribution in [0.5, 0.6) is 5.75 Å². The Bertz CT molecular complexity index is 2560. The molecule has 1 saturated heterocycles. The summed E-state index contributed by atoms with van der Waals surface area (Å²) in [7, 11) is 1.00. The van der Waals surface area contributed by atoms with Crippen LogP contribution >= 0.6 is 0 Å². The van der Waals surface area contributed by atoms with Gasteiger partial charge in [-0.25, -0.2) is 4.79 Å². The van der Waals surface area contributed by atoms with E-state index in [0.717, 1.165) is 31.1 Å². The second-order valence-corrected chi connectivity index (χ2v) is 20.3. The molecule has 1 aliphatic rings. The van der Waals surface area contributed by atoms with Gasteiger partial charge in [-0.3, -0.25) is 63.5 Å². The summed E-state index contributed by atoms with van der Waals surface area (Å²) in [5.74, 6) is -4.08. The highest BCUT2D eigenvalue weighted by molar-refractivity contribution is 5.95. The van der Waals surface area contributed by atoms with Gasteiger partial charge in [0.15, 0.2) is 5.96 Å². The van der Waals surface area contributed by atoms with Gasteiger partial charge in [0.2, 0.25) is 29.5 Å². The number of amides is 7. The Labute approximate surface area is 503 Å². The largest absolute Gasteiger partial charge is 0.508 e. The van der Waals surface area contributed by atoms with E-state index in [1.54, 1.807) is 28.9 Å². The first kappa shape index (κ1) is 72.0. The first-order valence-electron chi connectivity index (χ1n) is 29.1. The minimum Gasteiger partial charge on any atom is -0.508 e. The number of hydrogen-bond donors (Lipinski definition) is 13. The minimum atomic E-state index is -1.00. The minimum absolute atomic E-state index is 0.0729. The quantitative estimate of drug-likeness (QED) is 0.0162. The first-order chi connectivity index (χ1) is 41.5. The number of aliphatic imine (C=N–C) groups is 1. The number of carboxylic acid groups (broad SMARTS) is 2. The molecule has 1 heterocycles. The number of aliphatic carboxylic acids is 2. The number of nitrogens with one attached hydrogen (secondary N) is 8. The summed E-state index contributed by atoms with van der Waals surface area (Å²) in [6, 6.07) is 21.4. The number of rotatable bonds is 34. The zero-order valence-corrected chi connectivity index (χ0v) is 49.6. The van der Waals surface area contributed by atoms with Gasteiger partial charge in [0.1, 0.15) is 18.1 Å². The first-order valence-corrected chi connectivity index (χ1v) is 29.1. The third-order valence-electron chi connectivity index (χ3n) is 13.7. The van der Waals surface area contributed by atoms with Gasteiger partial charge in [-0.15, -0.1) is 0 Å². The molecule has 4 rings (SSSR count). The highest BCUT2D eigenvalue weighted by Gasteiger charge is 2.28. The molecule has 2 unspecified atom stereocenters. The van der Waals surface area contributed by atoms with Crippen molar-refractivity contribution in [1.29, 1.82) is 0 Å². The van der Waals surface area contributed by atoms with E-state index in [0.29, 0.717) is 122 Å². The van der Waals surface area contributed by atoms with Crippen molar-refractivity contribution in [2.24, 2.45) is 10.7 Å². The van der Waals surface area contributed by atoms with Crippen molar-refractivity contribution in [3.63, 3.8) is 0 Å². The number of unbranched alkanes of at least 4 members (excludes halogenated alkanes) is 2. The normalized spacial score (nSPS) is 14.4. The van der Waals surface area contributed by atoms with Crippen molar-refractivity contribution in [1.82, 2.24) is 56.8 Å². The van der Waals surface area contributed by atoms with Crippen LogP contribution in [0.4, 0.5) is 10.5 Å². The maximum atomic E-state index is 14.4. The number of anilines is 1. The van der Waals surface area contributed by atoms with E-state index in [4.69, 9.17) is 10.8 Å². The molecule has 0 spiro atoms. The summed E-state index contributed by atoms with van der Waals surface area (Å²) in [6.07, 6.45) is 4.63. The molecule has 2 atom stereocenters. The summed E-state index contributed by atoms with van der Waals surface area (Å²) in [6.45, 7) is 6.85. The standard InChI is InChI=1S/C58H86N14O12.CH4O/c1-2-49(75)63-27-28-65-58(84)68-57(59)64-24-9-13-48(55(82)66-39-43-15-21-47(74)22-16-43)67-56(83)54(44-11-5-3-6-12-44)45-17-19-46(20-18-45)60-25-10-26-61-50(76)14-7-4-8-23-62-51(77)40-70-31-29-69(37-38-73)30-32-71(41-52(78)79)35-36-72(34-33-70)42-53(80)81;1-2/h3,5-6,11-12,15-22,38,48,54,60,74H,2,4,7-10,13-14,23-37,39-42H2,1H3,(H,61,76)(H,62,77)(H,63,75)(H,66,82)(H,67,83)(H,78,79)(H,80,81)(H4,59,64,65,68,84);2H,1H3. The topological polar surface area (TPSA) is 382 Å². The van der Waals surface area contributed by atoms with Gasteiger partial charge in [0.05, 0.1) is 32.1 Å². The summed E-state index contributed by atoms with van der Waals surface area (Å²) in [4.78, 5) is 123. The zero-order chi connectivity index (χ0) is 62.9. The average Bonchev–Trinajstić information content (AvgIpc) is 2.39. The number of guanidine groups is 1. The molecule has 27 nitrogen and oxygen atoms in total. The molecule has 14 N–H and O–H groups in total. The fraction of sp³-hybridized carbons (Fsp3) is 0.525. The van der Waals surface area contributed by atoms with E-state index in [1.165, 1.54) is 12.1 Å². The molecule has 7 amide bonds. The molecule has 3 aromatic rings. The number of urea groups is 1. The summed E-state index contributed by atoms with van der Waals surface area (Å²) in [5.41, 5.74) is 8.87. The molecule has 0 radical (unpaired) electrons. The van der Waals surface area contributed by atoms with Crippen LogP contribution in [0.1, 0.15) is 80.9 Å². The van der Waals surface area contributed by atoms with E-state index in [-0.39, 0.29) is 88.2 Å². The van der Waals surface area contributed by atoms with Gasteiger partial charge in [0.25, 0.3) is 0 Å². The van der Waals surface area contributed by atoms with Crippen molar-refractivity contribution < 1.29 is 63.6 Å². The number of carbonyl (C=O) groups excluding carboxylic acids is 7. The third-order valence-corrected chi connectivity index (χ3v) is 13.7. The molecule has 0 saturated carbocycles. The monoisotopic (exact) mass is 1200 g/mol. The number of nitrogens with two attached hydrogens (primary N) is 1. The van der Waals surface area contributed by atoms with Crippen LogP contribution in [0.2, 0.25) is 0 Å². The Hall–Kier alpha value is -8.24. The Balaban J connectivity index is 0.00000957. The molecule has 1 fully saturated rings. The lowest BCUT2D eigenvalue weighted by Gasteiger charge is -2.32. The van der Waals surface area contributed by atoms with Crippen molar-refractivity contribution in [3.05, 3.63) is 95.6 Å². The number of phenolic OH excluding ortho intramolecular Hbond substituents is 1. The Kier molecular flexibility index (Phi) is 35.6. The summed E-state index contributed by atoms with van der Waals surface area (Å²) >= 11 is 0. The maximum Gasteiger partial charge on any atom is 0.321 e. The van der Waals surface area contributed by atoms with Crippen LogP contribution in [0.25, 0.3) is 0 Å². The van der Waals surface area contributed by atoms with Crippen LogP contribution in [0.3, 0.4) is 0 Å². The number of aliphatic hydroxyl groups is 1. The lowest BCUT2D eigenvalue weighted by molar-refractivity contribution is -0.140. The molecule has 1 aliphatic heterocycles. The Morgan fingerprint density at radius 3 is 1.76 bits per heavy atom. The molecule has 0 aliphatic carbocycles. The number of carboxylic acids is 2. The molecule has 27 heteroatoms. The fourth-order valence-corrected chi connectivity index (χ4v) is 9.02. The highest BCUT2D eigenvalue weighted by atomic mass is 16.4. The van der Waals surface area contributed by atoms with E-state index in [2.05, 4.69) is 47.5 Å². The van der Waals surface area contributed by atoms with E-state index < -0.39 is 41.7 Å². The SMILES string of the molecule is CCC(=O)NCCNC(=O)NC(N)=NCCCC(NC(=O)C(c1ccccc1)c1ccc(NCCCNC(=O)CCCCCNC(=O)CN2CCN(CC=O)CCN(CC(=O)O)CCN(CC(=O)O)CC2)cc1)C(=O)NCc1ccc(O)cc1.CO. The Morgan fingerprint density at radius 2 is 1.15 bits per heavy atom. The Morgan fingerprint density at radius 1 is 0.593 bits per heavy atom. The smallest absolute Gasteiger partial charge is 0.321 e. The van der Waals surface area contributed by atoms with Crippen LogP contribution in [-0.4, -0.2) is 231 Å². The highest BCUT2D eigenvalue weighted by Crippen LogP contribution is 2.27. The number of benzene rings is 3. The summed E-state index contributed by atoms with van der Waals surface area (Å²) in [5, 5.41) is 58.4. The maximum absolute atomic E-state index is 14.4. The van der Waals surface area contributed by atoms with Gasteiger partial charge in [-0.2, -0.15) is 0 Å². The number of nitrogens with zero attached hydrogens (tertiary/aromatic N) is 5. The zero-order valence-electron chi connectivity index (χ0n) is 49.6. The second kappa shape index (κ2) is 42.5. The van der Waals surface area contributed by atoms with Gasteiger partial charge in [0, 0.05) is 124 Å². The lowest BCUT2D eigenvalue weighted by atomic mass is 9.90. The fourth-order valence-electron chi connectivity index (χ4n) is 9.02. The van der Waals surface area contributed by atoms with Crippen LogP contribution < -0.4 is 48.3 Å². The van der Waals surface area contributed by atoms with Crippen molar-refractivity contribution in [2.45, 2.75) is 76.8 Å². The molecule has 474 valence electrons. The molecule has 0 bridgehead atoms. The van der Waals surface area contributed by atoms with Gasteiger partial charge < -0.3 is 68.2 Å². The van der Waals surface area contributed by atoms with Crippen LogP contribution in [-0.2, 0) is 44.9 Å². The second-order valence-electron chi connectivity index (χ2n) is 20.3. The van der Waals surface area contributed by atoms with Gasteiger partial charge >= 0.3 is 18.0 Å². The van der Waals surface area contributed by atoms with Crippen molar-refractivity contribution in [3.8, 4) is 5.75 Å². The van der Waals surface area contributed by atoms with E-state index >= 15 is 0 Å². The third kappa shape index (κ3) is 31.1. The van der Waals surface area contributed by atoms with E-state index in [1.807, 2.05) is 64.4 Å². The summed E-state index contributed by atoms with van der Waals surface area (Å²) < 4.78 is 0. The van der Waals surface area contributed by atoms with Crippen LogP contribution in [0, 0.1) is 0 Å². The molecule has 86 heavy (non-hydrogen) atoms. The van der Waals surface area contributed by atoms with Crippen molar-refractivity contribution in [2.75, 3.05) is 130 Å².